The van der Waals surface area contributed by atoms with Crippen LogP contribution in [0.3, 0.4) is 0 Å². The van der Waals surface area contributed by atoms with Gasteiger partial charge in [-0.1, -0.05) is 0 Å². The van der Waals surface area contributed by atoms with Crippen molar-refractivity contribution in [2.75, 3.05) is 7.11 Å². The van der Waals surface area contributed by atoms with Crippen LogP contribution in [0.4, 0.5) is 0 Å². The minimum atomic E-state index is -1.16. The zero-order chi connectivity index (χ0) is 13.7. The second-order valence-corrected chi connectivity index (χ2v) is 4.65. The van der Waals surface area contributed by atoms with Gasteiger partial charge < -0.3 is 19.7 Å². The number of carbonyl (C=O) groups is 1. The van der Waals surface area contributed by atoms with Crippen molar-refractivity contribution in [3.63, 3.8) is 0 Å². The fourth-order valence-corrected chi connectivity index (χ4v) is 2.37. The largest absolute Gasteiger partial charge is 0.507 e. The van der Waals surface area contributed by atoms with Crippen LogP contribution in [0.25, 0.3) is 0 Å². The van der Waals surface area contributed by atoms with E-state index >= 15 is 0 Å². The smallest absolute Gasteiger partial charge is 0.343 e. The molecule has 2 N–H and O–H groups in total. The SMILES string of the molecule is COc1cc(O)c2c(c1C)[C@](C)([C@H](C)O)OC2=O. The summed E-state index contributed by atoms with van der Waals surface area (Å²) < 4.78 is 10.4. The number of rotatable bonds is 2. The van der Waals surface area contributed by atoms with Crippen LogP contribution < -0.4 is 4.74 Å². The number of methoxy groups -OCH3 is 1. The molecule has 18 heavy (non-hydrogen) atoms. The molecular formula is C13H16O5. The van der Waals surface area contributed by atoms with E-state index in [0.29, 0.717) is 16.9 Å². The van der Waals surface area contributed by atoms with Gasteiger partial charge in [0, 0.05) is 11.6 Å². The summed E-state index contributed by atoms with van der Waals surface area (Å²) in [5.41, 5.74) is 0.110. The van der Waals surface area contributed by atoms with E-state index in [1.807, 2.05) is 0 Å². The number of phenols is 1. The maximum atomic E-state index is 11.8. The van der Waals surface area contributed by atoms with Crippen LogP contribution >= 0.6 is 0 Å². The monoisotopic (exact) mass is 252 g/mol. The first-order valence-corrected chi connectivity index (χ1v) is 5.65. The Bertz CT molecular complexity index is 521. The molecule has 0 amide bonds. The Balaban J connectivity index is 2.80. The van der Waals surface area contributed by atoms with Gasteiger partial charge in [0.25, 0.3) is 0 Å². The van der Waals surface area contributed by atoms with Gasteiger partial charge in [0.1, 0.15) is 17.1 Å². The van der Waals surface area contributed by atoms with E-state index in [2.05, 4.69) is 0 Å². The molecule has 98 valence electrons. The third-order valence-corrected chi connectivity index (χ3v) is 3.54. The number of benzene rings is 1. The minimum absolute atomic E-state index is 0.108. The number of carbonyl (C=O) groups excluding carboxylic acids is 1. The Morgan fingerprint density at radius 1 is 1.50 bits per heavy atom. The number of hydrogen-bond donors (Lipinski definition) is 2. The Kier molecular flexibility index (Phi) is 2.74. The molecule has 1 aliphatic heterocycles. The number of ether oxygens (including phenoxy) is 2. The quantitative estimate of drug-likeness (QED) is 0.780. The van der Waals surface area contributed by atoms with Gasteiger partial charge in [0.2, 0.25) is 0 Å². The van der Waals surface area contributed by atoms with E-state index in [0.717, 1.165) is 0 Å². The number of phenolic OH excluding ortho intramolecular Hbond substituents is 1. The second-order valence-electron chi connectivity index (χ2n) is 4.65. The van der Waals surface area contributed by atoms with Crippen LogP contribution in [0, 0.1) is 6.92 Å². The average Bonchev–Trinajstić information content (AvgIpc) is 2.57. The maximum Gasteiger partial charge on any atom is 0.343 e. The van der Waals surface area contributed by atoms with Gasteiger partial charge in [-0.15, -0.1) is 0 Å². The van der Waals surface area contributed by atoms with Crippen molar-refractivity contribution in [3.8, 4) is 11.5 Å². The van der Waals surface area contributed by atoms with Crippen molar-refractivity contribution >= 4 is 5.97 Å². The molecule has 2 atom stereocenters. The van der Waals surface area contributed by atoms with E-state index < -0.39 is 17.7 Å². The fraction of sp³-hybridized carbons (Fsp3) is 0.462. The van der Waals surface area contributed by atoms with E-state index in [-0.39, 0.29) is 11.3 Å². The van der Waals surface area contributed by atoms with Gasteiger partial charge in [0.05, 0.1) is 13.2 Å². The number of fused-ring (bicyclic) bond motifs is 1. The number of hydrogen-bond acceptors (Lipinski definition) is 5. The lowest BCUT2D eigenvalue weighted by atomic mass is 9.85. The molecule has 0 bridgehead atoms. The van der Waals surface area contributed by atoms with E-state index in [1.165, 1.54) is 13.2 Å². The summed E-state index contributed by atoms with van der Waals surface area (Å²) in [5.74, 6) is -0.366. The maximum absolute atomic E-state index is 11.8. The molecule has 0 unspecified atom stereocenters. The number of esters is 1. The summed E-state index contributed by atoms with van der Waals surface area (Å²) in [4.78, 5) is 11.8. The molecule has 5 nitrogen and oxygen atoms in total. The first-order chi connectivity index (χ1) is 8.32. The highest BCUT2D eigenvalue weighted by atomic mass is 16.6. The predicted molar refractivity (Wildman–Crippen MR) is 63.8 cm³/mol. The van der Waals surface area contributed by atoms with Crippen molar-refractivity contribution < 1.29 is 24.5 Å². The minimum Gasteiger partial charge on any atom is -0.507 e. The molecule has 0 aromatic heterocycles. The molecule has 0 spiro atoms. The number of cyclic esters (lactones) is 1. The fourth-order valence-electron chi connectivity index (χ4n) is 2.37. The molecule has 1 aromatic carbocycles. The van der Waals surface area contributed by atoms with Crippen molar-refractivity contribution in [2.24, 2.45) is 0 Å². The lowest BCUT2D eigenvalue weighted by Gasteiger charge is -2.28. The van der Waals surface area contributed by atoms with E-state index in [4.69, 9.17) is 9.47 Å². The summed E-state index contributed by atoms with van der Waals surface area (Å²) in [6.07, 6.45) is -0.895. The highest BCUT2D eigenvalue weighted by Gasteiger charge is 2.48. The van der Waals surface area contributed by atoms with Gasteiger partial charge in [0.15, 0.2) is 5.60 Å². The predicted octanol–water partition coefficient (Wildman–Crippen LogP) is 1.48. The summed E-state index contributed by atoms with van der Waals surface area (Å²) in [6, 6.07) is 1.38. The summed E-state index contributed by atoms with van der Waals surface area (Å²) in [5, 5.41) is 19.7. The number of aliphatic hydroxyl groups excluding tert-OH is 1. The molecule has 1 heterocycles. The van der Waals surface area contributed by atoms with Crippen LogP contribution in [0.2, 0.25) is 0 Å². The van der Waals surface area contributed by atoms with Gasteiger partial charge in [-0.2, -0.15) is 0 Å². The highest BCUT2D eigenvalue weighted by Crippen LogP contribution is 2.47. The Hall–Kier alpha value is -1.75. The first kappa shape index (κ1) is 12.7. The zero-order valence-electron chi connectivity index (χ0n) is 10.8. The van der Waals surface area contributed by atoms with Crippen molar-refractivity contribution in [1.29, 1.82) is 0 Å². The molecule has 5 heteroatoms. The lowest BCUT2D eigenvalue weighted by molar-refractivity contribution is -0.0659. The molecule has 0 fully saturated rings. The van der Waals surface area contributed by atoms with Gasteiger partial charge in [-0.05, 0) is 26.3 Å². The number of aliphatic hydroxyl groups is 1. The second kappa shape index (κ2) is 3.88. The third-order valence-electron chi connectivity index (χ3n) is 3.54. The molecule has 0 radical (unpaired) electrons. The Morgan fingerprint density at radius 2 is 2.11 bits per heavy atom. The Morgan fingerprint density at radius 3 is 2.61 bits per heavy atom. The van der Waals surface area contributed by atoms with Crippen LogP contribution in [-0.4, -0.2) is 29.4 Å². The summed E-state index contributed by atoms with van der Waals surface area (Å²) >= 11 is 0. The van der Waals surface area contributed by atoms with Crippen LogP contribution in [-0.2, 0) is 10.3 Å². The van der Waals surface area contributed by atoms with Gasteiger partial charge in [-0.25, -0.2) is 4.79 Å². The average molecular weight is 252 g/mol. The summed E-state index contributed by atoms with van der Waals surface area (Å²) in [6.45, 7) is 4.92. The zero-order valence-corrected chi connectivity index (χ0v) is 10.8. The molecule has 0 saturated carbocycles. The Labute approximate surface area is 105 Å². The molecule has 1 aromatic rings. The first-order valence-electron chi connectivity index (χ1n) is 5.65. The van der Waals surface area contributed by atoms with Gasteiger partial charge >= 0.3 is 5.97 Å². The highest BCUT2D eigenvalue weighted by molar-refractivity contribution is 5.98. The van der Waals surface area contributed by atoms with Crippen molar-refractivity contribution in [2.45, 2.75) is 32.5 Å². The lowest BCUT2D eigenvalue weighted by Crippen LogP contribution is -2.35. The van der Waals surface area contributed by atoms with Crippen LogP contribution in [0.5, 0.6) is 11.5 Å². The molecule has 0 aliphatic carbocycles. The van der Waals surface area contributed by atoms with Crippen LogP contribution in [0.1, 0.15) is 35.3 Å². The third kappa shape index (κ3) is 1.47. The topological polar surface area (TPSA) is 76.0 Å². The van der Waals surface area contributed by atoms with E-state index in [1.54, 1.807) is 20.8 Å². The molecule has 2 rings (SSSR count). The normalized spacial score (nSPS) is 23.5. The molecule has 1 aliphatic rings. The standard InChI is InChI=1S/C13H16O5/c1-6-9(17-4)5-8(15)10-11(6)13(3,7(2)14)18-12(10)16/h5,7,14-15H,1-4H3/t7-,13-/m0/s1. The van der Waals surface area contributed by atoms with Crippen LogP contribution in [0.15, 0.2) is 6.07 Å². The molecule has 0 saturated heterocycles. The van der Waals surface area contributed by atoms with Crippen molar-refractivity contribution in [3.05, 3.63) is 22.8 Å². The van der Waals surface area contributed by atoms with Crippen molar-refractivity contribution in [1.82, 2.24) is 0 Å². The van der Waals surface area contributed by atoms with E-state index in [9.17, 15) is 15.0 Å². The van der Waals surface area contributed by atoms with Gasteiger partial charge in [-0.3, -0.25) is 0 Å². The molecular weight excluding hydrogens is 236 g/mol. The summed E-state index contributed by atoms with van der Waals surface area (Å²) in [7, 11) is 1.48. The number of aromatic hydroxyl groups is 1.